The van der Waals surface area contributed by atoms with Gasteiger partial charge in [0.25, 0.3) is 0 Å². The van der Waals surface area contributed by atoms with Crippen LogP contribution in [0.25, 0.3) is 0 Å². The third kappa shape index (κ3) is 3.65. The van der Waals surface area contributed by atoms with Crippen molar-refractivity contribution >= 4 is 11.9 Å². The lowest BCUT2D eigenvalue weighted by atomic mass is 10.1. The van der Waals surface area contributed by atoms with Crippen LogP contribution in [0, 0.1) is 0 Å². The Hall–Kier alpha value is -1.88. The van der Waals surface area contributed by atoms with Crippen LogP contribution < -0.4 is 0 Å². The van der Waals surface area contributed by atoms with Gasteiger partial charge in [0, 0.05) is 13.5 Å². The maximum atomic E-state index is 12.4. The number of rotatable bonds is 8. The third-order valence-electron chi connectivity index (χ3n) is 3.87. The molecule has 120 valence electrons. The summed E-state index contributed by atoms with van der Waals surface area (Å²) < 4.78 is 10.5. The summed E-state index contributed by atoms with van der Waals surface area (Å²) in [5.74, 6) is -0.0734. The molecule has 1 fully saturated rings. The highest BCUT2D eigenvalue weighted by molar-refractivity contribution is 5.87. The molecule has 0 bridgehead atoms. The number of cyclic esters (lactones) is 1. The molecule has 1 aliphatic heterocycles. The van der Waals surface area contributed by atoms with E-state index in [1.54, 1.807) is 0 Å². The van der Waals surface area contributed by atoms with E-state index in [2.05, 4.69) is 6.92 Å². The van der Waals surface area contributed by atoms with E-state index in [1.807, 2.05) is 30.3 Å². The fraction of sp³-hybridized carbons (Fsp3) is 0.529. The van der Waals surface area contributed by atoms with Crippen LogP contribution in [-0.2, 0) is 14.3 Å². The summed E-state index contributed by atoms with van der Waals surface area (Å²) >= 11 is 0. The molecule has 1 heterocycles. The van der Waals surface area contributed by atoms with Crippen molar-refractivity contribution in [3.05, 3.63) is 35.9 Å². The summed E-state index contributed by atoms with van der Waals surface area (Å²) in [4.78, 5) is 25.9. The number of nitrogens with zero attached hydrogens (tertiary/aromatic N) is 1. The average Bonchev–Trinajstić information content (AvgIpc) is 2.91. The summed E-state index contributed by atoms with van der Waals surface area (Å²) in [7, 11) is 1.45. The van der Waals surface area contributed by atoms with Gasteiger partial charge in [-0.25, -0.2) is 4.79 Å². The lowest BCUT2D eigenvalue weighted by molar-refractivity contribution is -0.138. The van der Waals surface area contributed by atoms with Crippen molar-refractivity contribution in [2.75, 3.05) is 13.7 Å². The molecule has 1 amide bonds. The zero-order valence-electron chi connectivity index (χ0n) is 13.2. The molecule has 1 aliphatic rings. The SMILES string of the molecule is CCCCCC(=O)[C@@H](OC)N1C(=O)OC[C@H]1c1ccccc1. The van der Waals surface area contributed by atoms with Gasteiger partial charge in [-0.2, -0.15) is 0 Å². The summed E-state index contributed by atoms with van der Waals surface area (Å²) in [6.45, 7) is 2.33. The van der Waals surface area contributed by atoms with Gasteiger partial charge in [0.1, 0.15) is 6.61 Å². The largest absolute Gasteiger partial charge is 0.447 e. The van der Waals surface area contributed by atoms with Crippen molar-refractivity contribution in [1.82, 2.24) is 4.90 Å². The molecule has 1 aromatic carbocycles. The van der Waals surface area contributed by atoms with E-state index in [1.165, 1.54) is 12.0 Å². The molecule has 1 aromatic rings. The van der Waals surface area contributed by atoms with Crippen molar-refractivity contribution in [1.29, 1.82) is 0 Å². The molecule has 2 atom stereocenters. The first-order chi connectivity index (χ1) is 10.7. The van der Waals surface area contributed by atoms with E-state index in [0.717, 1.165) is 24.8 Å². The number of unbranched alkanes of at least 4 members (excludes halogenated alkanes) is 2. The number of ketones is 1. The number of carbonyl (C=O) groups is 2. The van der Waals surface area contributed by atoms with E-state index in [-0.39, 0.29) is 18.4 Å². The van der Waals surface area contributed by atoms with Gasteiger partial charge >= 0.3 is 6.09 Å². The first kappa shape index (κ1) is 16.5. The van der Waals surface area contributed by atoms with Crippen molar-refractivity contribution in [2.45, 2.75) is 44.9 Å². The Kier molecular flexibility index (Phi) is 5.95. The van der Waals surface area contributed by atoms with Crippen LogP contribution in [0.5, 0.6) is 0 Å². The number of benzene rings is 1. The lowest BCUT2D eigenvalue weighted by Crippen LogP contribution is -2.44. The van der Waals surface area contributed by atoms with E-state index < -0.39 is 12.3 Å². The predicted octanol–water partition coefficient (Wildman–Crippen LogP) is 3.30. The molecule has 0 spiro atoms. The molecule has 5 heteroatoms. The first-order valence-corrected chi connectivity index (χ1v) is 7.74. The van der Waals surface area contributed by atoms with Crippen LogP contribution in [0.3, 0.4) is 0 Å². The number of hydrogen-bond donors (Lipinski definition) is 0. The quantitative estimate of drug-likeness (QED) is 0.691. The van der Waals surface area contributed by atoms with E-state index in [4.69, 9.17) is 9.47 Å². The topological polar surface area (TPSA) is 55.8 Å². The highest BCUT2D eigenvalue weighted by Gasteiger charge is 2.41. The Morgan fingerprint density at radius 3 is 2.73 bits per heavy atom. The second-order valence-corrected chi connectivity index (χ2v) is 5.42. The van der Waals surface area contributed by atoms with Gasteiger partial charge in [-0.3, -0.25) is 9.69 Å². The Balaban J connectivity index is 2.14. The Morgan fingerprint density at radius 2 is 2.09 bits per heavy atom. The van der Waals surface area contributed by atoms with Crippen molar-refractivity contribution in [2.24, 2.45) is 0 Å². The molecule has 2 rings (SSSR count). The average molecular weight is 305 g/mol. The van der Waals surface area contributed by atoms with Crippen LogP contribution >= 0.6 is 0 Å². The maximum absolute atomic E-state index is 12.4. The van der Waals surface area contributed by atoms with Crippen LogP contribution in [-0.4, -0.2) is 36.7 Å². The Morgan fingerprint density at radius 1 is 1.36 bits per heavy atom. The van der Waals surface area contributed by atoms with Crippen molar-refractivity contribution < 1.29 is 19.1 Å². The van der Waals surface area contributed by atoms with Gasteiger partial charge < -0.3 is 9.47 Å². The Labute approximate surface area is 131 Å². The highest BCUT2D eigenvalue weighted by Crippen LogP contribution is 2.30. The second-order valence-electron chi connectivity index (χ2n) is 5.42. The van der Waals surface area contributed by atoms with Gasteiger partial charge in [0.05, 0.1) is 6.04 Å². The minimum atomic E-state index is -0.878. The van der Waals surface area contributed by atoms with Gasteiger partial charge in [0.2, 0.25) is 0 Å². The second kappa shape index (κ2) is 7.94. The lowest BCUT2D eigenvalue weighted by Gasteiger charge is -2.28. The summed E-state index contributed by atoms with van der Waals surface area (Å²) in [6.07, 6.45) is 1.89. The minimum absolute atomic E-state index is 0.0734. The van der Waals surface area contributed by atoms with Gasteiger partial charge in [-0.1, -0.05) is 50.1 Å². The molecule has 0 aliphatic carbocycles. The van der Waals surface area contributed by atoms with E-state index in [0.29, 0.717) is 6.42 Å². The fourth-order valence-corrected chi connectivity index (χ4v) is 2.70. The van der Waals surface area contributed by atoms with Crippen LogP contribution in [0.2, 0.25) is 0 Å². The van der Waals surface area contributed by atoms with Gasteiger partial charge in [-0.05, 0) is 12.0 Å². The first-order valence-electron chi connectivity index (χ1n) is 7.74. The molecule has 0 radical (unpaired) electrons. The molecule has 5 nitrogen and oxygen atoms in total. The smallest absolute Gasteiger partial charge is 0.412 e. The number of amides is 1. The molecule has 0 unspecified atom stereocenters. The Bertz CT molecular complexity index is 503. The van der Waals surface area contributed by atoms with Gasteiger partial charge in [0.15, 0.2) is 12.0 Å². The molecule has 0 saturated carbocycles. The van der Waals surface area contributed by atoms with Crippen molar-refractivity contribution in [3.63, 3.8) is 0 Å². The number of carbonyl (C=O) groups excluding carboxylic acids is 2. The summed E-state index contributed by atoms with van der Waals surface area (Å²) in [5, 5.41) is 0. The highest BCUT2D eigenvalue weighted by atomic mass is 16.6. The number of hydrogen-bond acceptors (Lipinski definition) is 4. The third-order valence-corrected chi connectivity index (χ3v) is 3.87. The number of ether oxygens (including phenoxy) is 2. The molecule has 1 saturated heterocycles. The van der Waals surface area contributed by atoms with Crippen LogP contribution in [0.4, 0.5) is 4.79 Å². The molecular weight excluding hydrogens is 282 g/mol. The fourth-order valence-electron chi connectivity index (χ4n) is 2.70. The molecule has 22 heavy (non-hydrogen) atoms. The standard InChI is InChI=1S/C17H23NO4/c1-3-4-6-11-15(19)16(21-2)18-14(12-22-17(18)20)13-9-7-5-8-10-13/h5,7-10,14,16H,3-4,6,11-12H2,1-2H3/t14-,16+/m0/s1. The summed E-state index contributed by atoms with van der Waals surface area (Å²) in [6, 6.07) is 9.29. The monoisotopic (exact) mass is 305 g/mol. The van der Waals surface area contributed by atoms with Gasteiger partial charge in [-0.15, -0.1) is 0 Å². The van der Waals surface area contributed by atoms with Crippen LogP contribution in [0.15, 0.2) is 30.3 Å². The zero-order valence-corrected chi connectivity index (χ0v) is 13.2. The molecular formula is C17H23NO4. The minimum Gasteiger partial charge on any atom is -0.447 e. The van der Waals surface area contributed by atoms with Crippen molar-refractivity contribution in [3.8, 4) is 0 Å². The normalized spacial score (nSPS) is 19.1. The van der Waals surface area contributed by atoms with E-state index >= 15 is 0 Å². The zero-order chi connectivity index (χ0) is 15.9. The molecule has 0 aromatic heterocycles. The maximum Gasteiger partial charge on any atom is 0.412 e. The predicted molar refractivity (Wildman–Crippen MR) is 82.3 cm³/mol. The summed E-state index contributed by atoms with van der Waals surface area (Å²) in [5.41, 5.74) is 0.941. The van der Waals surface area contributed by atoms with E-state index in [9.17, 15) is 9.59 Å². The number of Topliss-reactive ketones (excluding diaryl/α,β-unsaturated/α-hetero) is 1. The molecule has 0 N–H and O–H groups in total. The van der Waals surface area contributed by atoms with Crippen LogP contribution in [0.1, 0.15) is 44.2 Å². The number of methoxy groups -OCH3 is 1.